The van der Waals surface area contributed by atoms with Crippen LogP contribution in [0.25, 0.3) is 27.8 Å². The van der Waals surface area contributed by atoms with Gasteiger partial charge in [0.2, 0.25) is 0 Å². The van der Waals surface area contributed by atoms with Crippen LogP contribution < -0.4 is 16.0 Å². The molecule has 0 aliphatic carbocycles. The molecule has 1 atom stereocenters. The van der Waals surface area contributed by atoms with E-state index >= 15 is 0 Å². The number of nitrogens with zero attached hydrogens (tertiary/aromatic N) is 3. The minimum atomic E-state index is -0.555. The highest BCUT2D eigenvalue weighted by Gasteiger charge is 2.36. The molecular formula is C28H22ClN3O3. The van der Waals surface area contributed by atoms with Crippen LogP contribution in [0.15, 0.2) is 82.4 Å². The summed E-state index contributed by atoms with van der Waals surface area (Å²) in [5.41, 5.74) is 4.95. The van der Waals surface area contributed by atoms with Crippen molar-refractivity contribution in [1.29, 1.82) is 0 Å². The number of aromatic nitrogens is 3. The van der Waals surface area contributed by atoms with Crippen LogP contribution in [-0.4, -0.2) is 13.7 Å². The highest BCUT2D eigenvalue weighted by molar-refractivity contribution is 6.30. The van der Waals surface area contributed by atoms with Crippen LogP contribution >= 0.6 is 11.6 Å². The summed E-state index contributed by atoms with van der Waals surface area (Å²) in [6, 6.07) is 23.2. The van der Waals surface area contributed by atoms with Gasteiger partial charge in [0.25, 0.3) is 5.56 Å². The molecule has 3 aromatic carbocycles. The van der Waals surface area contributed by atoms with E-state index in [9.17, 15) is 9.59 Å². The molecule has 1 aliphatic heterocycles. The van der Waals surface area contributed by atoms with Crippen LogP contribution in [0.2, 0.25) is 5.02 Å². The number of fused-ring (bicyclic) bond motifs is 5. The highest BCUT2D eigenvalue weighted by atomic mass is 35.5. The second kappa shape index (κ2) is 7.75. The van der Waals surface area contributed by atoms with Crippen LogP contribution in [0.3, 0.4) is 0 Å². The molecule has 6 rings (SSSR count). The van der Waals surface area contributed by atoms with Gasteiger partial charge in [-0.05, 0) is 42.3 Å². The topological polar surface area (TPSA) is 58.2 Å². The summed E-state index contributed by atoms with van der Waals surface area (Å²) in [6.07, 6.45) is -0.555. The zero-order valence-corrected chi connectivity index (χ0v) is 20.2. The maximum Gasteiger partial charge on any atom is 0.331 e. The van der Waals surface area contributed by atoms with Crippen molar-refractivity contribution >= 4 is 22.5 Å². The first kappa shape index (κ1) is 21.5. The summed E-state index contributed by atoms with van der Waals surface area (Å²) in [7, 11) is 3.22. The number of para-hydroxylation sites is 2. The summed E-state index contributed by atoms with van der Waals surface area (Å²) in [6.45, 7) is 2.02. The summed E-state index contributed by atoms with van der Waals surface area (Å²) in [4.78, 5) is 26.8. The van der Waals surface area contributed by atoms with Crippen molar-refractivity contribution in [3.63, 3.8) is 0 Å². The monoisotopic (exact) mass is 483 g/mol. The van der Waals surface area contributed by atoms with Crippen LogP contribution in [-0.2, 0) is 14.1 Å². The SMILES string of the molecule is Cc1ccccc1-c1c2c(=O)n(C)c(=O)n(C)c2c2n1-c1ccccc1O[C@H]2c1ccc(Cl)cc1. The van der Waals surface area contributed by atoms with Gasteiger partial charge in [-0.1, -0.05) is 60.1 Å². The van der Waals surface area contributed by atoms with Crippen LogP contribution in [0.5, 0.6) is 5.75 Å². The third kappa shape index (κ3) is 3.03. The quantitative estimate of drug-likeness (QED) is 0.349. The molecule has 7 heteroatoms. The van der Waals surface area contributed by atoms with Gasteiger partial charge in [-0.2, -0.15) is 0 Å². The van der Waals surface area contributed by atoms with Crippen molar-refractivity contribution in [1.82, 2.24) is 13.7 Å². The molecule has 6 nitrogen and oxygen atoms in total. The molecule has 0 fully saturated rings. The average Bonchev–Trinajstić information content (AvgIpc) is 3.23. The van der Waals surface area contributed by atoms with Crippen LogP contribution in [0.4, 0.5) is 0 Å². The maximum atomic E-state index is 13.7. The van der Waals surface area contributed by atoms with Crippen molar-refractivity contribution in [2.45, 2.75) is 13.0 Å². The Morgan fingerprint density at radius 1 is 0.857 bits per heavy atom. The first-order valence-corrected chi connectivity index (χ1v) is 11.7. The summed E-state index contributed by atoms with van der Waals surface area (Å²) in [5, 5.41) is 1.10. The molecule has 0 radical (unpaired) electrons. The lowest BCUT2D eigenvalue weighted by Gasteiger charge is -2.30. The number of hydrogen-bond donors (Lipinski definition) is 0. The smallest absolute Gasteiger partial charge is 0.331 e. The fourth-order valence-corrected chi connectivity index (χ4v) is 5.19. The zero-order chi connectivity index (χ0) is 24.4. The molecule has 0 saturated carbocycles. The number of aryl methyl sites for hydroxylation is 2. The number of hydrogen-bond acceptors (Lipinski definition) is 3. The summed E-state index contributed by atoms with van der Waals surface area (Å²) >= 11 is 6.18. The van der Waals surface area contributed by atoms with Gasteiger partial charge in [0, 0.05) is 24.7 Å². The van der Waals surface area contributed by atoms with E-state index in [1.54, 1.807) is 11.6 Å². The highest BCUT2D eigenvalue weighted by Crippen LogP contribution is 2.47. The molecule has 0 N–H and O–H groups in total. The lowest BCUT2D eigenvalue weighted by Crippen LogP contribution is -2.37. The molecule has 5 aromatic rings. The first-order valence-electron chi connectivity index (χ1n) is 11.3. The van der Waals surface area contributed by atoms with E-state index in [1.807, 2.05) is 79.7 Å². The average molecular weight is 484 g/mol. The fourth-order valence-electron chi connectivity index (χ4n) is 5.07. The molecule has 0 saturated heterocycles. The third-order valence-corrected chi connectivity index (χ3v) is 7.03. The molecule has 0 unspecified atom stereocenters. The van der Waals surface area contributed by atoms with E-state index in [2.05, 4.69) is 4.57 Å². The molecule has 1 aliphatic rings. The Balaban J connectivity index is 1.88. The number of rotatable bonds is 2. The minimum Gasteiger partial charge on any atom is -0.477 e. The van der Waals surface area contributed by atoms with Gasteiger partial charge >= 0.3 is 5.69 Å². The number of ether oxygens (including phenoxy) is 1. The molecule has 0 bridgehead atoms. The first-order chi connectivity index (χ1) is 16.9. The van der Waals surface area contributed by atoms with E-state index in [1.165, 1.54) is 11.6 Å². The van der Waals surface area contributed by atoms with E-state index in [-0.39, 0.29) is 11.2 Å². The minimum absolute atomic E-state index is 0.337. The largest absolute Gasteiger partial charge is 0.477 e. The molecule has 3 heterocycles. The summed E-state index contributed by atoms with van der Waals surface area (Å²) in [5.74, 6) is 0.692. The maximum absolute atomic E-state index is 13.7. The Morgan fingerprint density at radius 2 is 1.54 bits per heavy atom. The molecule has 0 spiro atoms. The van der Waals surface area contributed by atoms with Crippen molar-refractivity contribution < 1.29 is 4.74 Å². The van der Waals surface area contributed by atoms with Crippen molar-refractivity contribution in [3.8, 4) is 22.7 Å². The normalized spacial score (nSPS) is 14.5. The molecule has 0 amide bonds. The number of halogens is 1. The van der Waals surface area contributed by atoms with Crippen LogP contribution in [0.1, 0.15) is 22.9 Å². The Hall–Kier alpha value is -4.03. The fraction of sp³-hybridized carbons (Fsp3) is 0.143. The Kier molecular flexibility index (Phi) is 4.76. The Labute approximate surface area is 206 Å². The standard InChI is InChI=1S/C28H22ClN3O3/c1-16-8-4-5-9-19(16)23-22-24(30(2)28(34)31(3)27(22)33)25-26(17-12-14-18(29)15-13-17)35-21-11-7-6-10-20(21)32(23)25/h4-15,26H,1-3H3/t26-/m0/s1. The molecule has 174 valence electrons. The van der Waals surface area contributed by atoms with Gasteiger partial charge < -0.3 is 9.30 Å². The Morgan fingerprint density at radius 3 is 2.29 bits per heavy atom. The predicted molar refractivity (Wildman–Crippen MR) is 138 cm³/mol. The summed E-state index contributed by atoms with van der Waals surface area (Å²) < 4.78 is 11.4. The van der Waals surface area contributed by atoms with Crippen molar-refractivity contribution in [2.75, 3.05) is 0 Å². The number of benzene rings is 3. The van der Waals surface area contributed by atoms with Crippen molar-refractivity contribution in [3.05, 3.63) is 115 Å². The van der Waals surface area contributed by atoms with E-state index in [0.717, 1.165) is 33.8 Å². The van der Waals surface area contributed by atoms with Gasteiger partial charge in [-0.15, -0.1) is 0 Å². The molecule has 35 heavy (non-hydrogen) atoms. The van der Waals surface area contributed by atoms with Crippen molar-refractivity contribution in [2.24, 2.45) is 14.1 Å². The molecular weight excluding hydrogens is 462 g/mol. The van der Waals surface area contributed by atoms with Gasteiger partial charge in [-0.3, -0.25) is 13.9 Å². The van der Waals surface area contributed by atoms with Crippen LogP contribution in [0, 0.1) is 6.92 Å². The lowest BCUT2D eigenvalue weighted by atomic mass is 10.0. The van der Waals surface area contributed by atoms with E-state index in [0.29, 0.717) is 21.7 Å². The lowest BCUT2D eigenvalue weighted by molar-refractivity contribution is 0.229. The van der Waals surface area contributed by atoms with Gasteiger partial charge in [-0.25, -0.2) is 4.79 Å². The van der Waals surface area contributed by atoms with E-state index < -0.39 is 6.10 Å². The predicted octanol–water partition coefficient (Wildman–Crippen LogP) is 5.14. The van der Waals surface area contributed by atoms with Gasteiger partial charge in [0.15, 0.2) is 6.10 Å². The zero-order valence-electron chi connectivity index (χ0n) is 19.4. The second-order valence-electron chi connectivity index (χ2n) is 8.83. The second-order valence-corrected chi connectivity index (χ2v) is 9.27. The van der Waals surface area contributed by atoms with Gasteiger partial charge in [0.05, 0.1) is 28.0 Å². The third-order valence-electron chi connectivity index (χ3n) is 6.78. The van der Waals surface area contributed by atoms with Gasteiger partial charge in [0.1, 0.15) is 5.75 Å². The van der Waals surface area contributed by atoms with E-state index in [4.69, 9.17) is 16.3 Å². The molecule has 2 aromatic heterocycles. The Bertz CT molecular complexity index is 1760.